The van der Waals surface area contributed by atoms with Gasteiger partial charge in [0, 0.05) is 30.4 Å². The van der Waals surface area contributed by atoms with Crippen LogP contribution in [0, 0.1) is 24.5 Å². The Balaban J connectivity index is 1.56. The zero-order valence-corrected chi connectivity index (χ0v) is 15.2. The summed E-state index contributed by atoms with van der Waals surface area (Å²) in [5.41, 5.74) is 1.21. The number of aromatic nitrogens is 2. The SMILES string of the molecule is Cc1cnc(C(=O)N2C[C@@H](c3cccc(F)c3F)[C@@H]3[C@H]2C2CCN3CC2)[nH]1. The van der Waals surface area contributed by atoms with E-state index in [4.69, 9.17) is 0 Å². The number of fused-ring (bicyclic) bond motifs is 2. The summed E-state index contributed by atoms with van der Waals surface area (Å²) in [6.07, 6.45) is 3.72. The molecule has 6 rings (SSSR count). The topological polar surface area (TPSA) is 52.2 Å². The van der Waals surface area contributed by atoms with Gasteiger partial charge in [-0.1, -0.05) is 12.1 Å². The maximum atomic E-state index is 14.6. The highest BCUT2D eigenvalue weighted by Gasteiger charge is 2.55. The van der Waals surface area contributed by atoms with Crippen LogP contribution in [0.15, 0.2) is 24.4 Å². The van der Waals surface area contributed by atoms with Gasteiger partial charge < -0.3 is 9.88 Å². The summed E-state index contributed by atoms with van der Waals surface area (Å²) < 4.78 is 28.5. The number of nitrogens with zero attached hydrogens (tertiary/aromatic N) is 3. The van der Waals surface area contributed by atoms with Crippen LogP contribution < -0.4 is 0 Å². The number of aryl methyl sites for hydroxylation is 1. The fraction of sp³-hybridized carbons (Fsp3) is 0.500. The van der Waals surface area contributed by atoms with E-state index in [1.54, 1.807) is 18.3 Å². The average Bonchev–Trinajstić information content (AvgIpc) is 3.30. The van der Waals surface area contributed by atoms with Gasteiger partial charge in [0.2, 0.25) is 0 Å². The summed E-state index contributed by atoms with van der Waals surface area (Å²) in [6, 6.07) is 4.42. The Bertz CT molecular complexity index is 890. The number of rotatable bonds is 2. The maximum absolute atomic E-state index is 14.6. The van der Waals surface area contributed by atoms with E-state index in [2.05, 4.69) is 14.9 Å². The third kappa shape index (κ3) is 2.51. The molecule has 0 aliphatic carbocycles. The quantitative estimate of drug-likeness (QED) is 0.882. The van der Waals surface area contributed by atoms with Gasteiger partial charge >= 0.3 is 0 Å². The number of hydrogen-bond acceptors (Lipinski definition) is 3. The van der Waals surface area contributed by atoms with Crippen LogP contribution >= 0.6 is 0 Å². The molecule has 0 spiro atoms. The number of H-pyrrole nitrogens is 1. The first kappa shape index (κ1) is 16.9. The summed E-state index contributed by atoms with van der Waals surface area (Å²) in [6.45, 7) is 4.17. The van der Waals surface area contributed by atoms with E-state index in [1.807, 2.05) is 11.8 Å². The summed E-state index contributed by atoms with van der Waals surface area (Å²) in [4.78, 5) is 24.6. The number of halogens is 2. The number of piperidine rings is 3. The van der Waals surface area contributed by atoms with Crippen LogP contribution in [0.25, 0.3) is 0 Å². The number of aromatic amines is 1. The zero-order valence-electron chi connectivity index (χ0n) is 15.2. The fourth-order valence-electron chi connectivity index (χ4n) is 5.39. The van der Waals surface area contributed by atoms with Crippen molar-refractivity contribution in [3.8, 4) is 0 Å². The van der Waals surface area contributed by atoms with E-state index >= 15 is 0 Å². The van der Waals surface area contributed by atoms with Gasteiger partial charge in [-0.15, -0.1) is 0 Å². The molecule has 5 nitrogen and oxygen atoms in total. The van der Waals surface area contributed by atoms with Gasteiger partial charge in [-0.05, 0) is 50.4 Å². The van der Waals surface area contributed by atoms with Crippen molar-refractivity contribution in [1.82, 2.24) is 19.8 Å². The Morgan fingerprint density at radius 3 is 2.70 bits per heavy atom. The highest BCUT2D eigenvalue weighted by atomic mass is 19.2. The van der Waals surface area contributed by atoms with Crippen molar-refractivity contribution in [3.05, 3.63) is 53.1 Å². The second-order valence-electron chi connectivity index (χ2n) is 7.98. The van der Waals surface area contributed by atoms with E-state index in [9.17, 15) is 13.6 Å². The van der Waals surface area contributed by atoms with Crippen LogP contribution in [0.4, 0.5) is 8.78 Å². The number of imidazole rings is 1. The monoisotopic (exact) mass is 372 g/mol. The minimum atomic E-state index is -0.827. The number of likely N-dealkylation sites (tertiary alicyclic amines) is 1. The van der Waals surface area contributed by atoms with E-state index < -0.39 is 11.6 Å². The maximum Gasteiger partial charge on any atom is 0.289 e. The minimum Gasteiger partial charge on any atom is -0.338 e. The first-order valence-electron chi connectivity index (χ1n) is 9.55. The van der Waals surface area contributed by atoms with Crippen molar-refractivity contribution in [3.63, 3.8) is 0 Å². The molecule has 4 saturated heterocycles. The van der Waals surface area contributed by atoms with Crippen LogP contribution in [0.5, 0.6) is 0 Å². The molecule has 5 heterocycles. The molecule has 4 aliphatic heterocycles. The third-order valence-corrected chi connectivity index (χ3v) is 6.54. The van der Waals surface area contributed by atoms with E-state index in [-0.39, 0.29) is 23.9 Å². The predicted molar refractivity (Wildman–Crippen MR) is 95.3 cm³/mol. The van der Waals surface area contributed by atoms with Crippen molar-refractivity contribution >= 4 is 5.91 Å². The van der Waals surface area contributed by atoms with Gasteiger partial charge in [0.1, 0.15) is 0 Å². The van der Waals surface area contributed by atoms with Crippen LogP contribution in [0.1, 0.15) is 40.6 Å². The molecule has 1 aromatic carbocycles. The molecule has 4 fully saturated rings. The van der Waals surface area contributed by atoms with Crippen molar-refractivity contribution < 1.29 is 13.6 Å². The molecule has 0 radical (unpaired) electrons. The number of benzene rings is 1. The molecule has 27 heavy (non-hydrogen) atoms. The number of nitrogens with one attached hydrogen (secondary N) is 1. The number of hydrogen-bond donors (Lipinski definition) is 1. The molecule has 3 atom stereocenters. The van der Waals surface area contributed by atoms with Crippen molar-refractivity contribution in [1.29, 1.82) is 0 Å². The van der Waals surface area contributed by atoms with Crippen LogP contribution in [-0.4, -0.2) is 57.4 Å². The molecule has 2 aromatic rings. The highest BCUT2D eigenvalue weighted by Crippen LogP contribution is 2.47. The standard InChI is InChI=1S/C20H22F2N4O/c1-11-9-23-19(24-11)20(27)26-10-14(13-3-2-4-15(21)16(13)22)18-17(26)12-5-7-25(18)8-6-12/h2-4,9,12,14,17-18H,5-8,10H2,1H3,(H,23,24)/t14-,17+,18+/m0/s1. The molecule has 142 valence electrons. The van der Waals surface area contributed by atoms with Gasteiger partial charge in [-0.3, -0.25) is 9.69 Å². The van der Waals surface area contributed by atoms with E-state index in [1.165, 1.54) is 0 Å². The first-order valence-corrected chi connectivity index (χ1v) is 9.55. The molecule has 1 amide bonds. The van der Waals surface area contributed by atoms with Gasteiger partial charge in [-0.2, -0.15) is 0 Å². The van der Waals surface area contributed by atoms with Crippen molar-refractivity contribution in [2.75, 3.05) is 19.6 Å². The molecule has 2 bridgehead atoms. The fourth-order valence-corrected chi connectivity index (χ4v) is 5.39. The number of carbonyl (C=O) groups excluding carboxylic acids is 1. The Kier molecular flexibility index (Phi) is 3.82. The van der Waals surface area contributed by atoms with Crippen LogP contribution in [0.2, 0.25) is 0 Å². The second kappa shape index (κ2) is 6.12. The zero-order chi connectivity index (χ0) is 18.7. The molecule has 1 aromatic heterocycles. The Hall–Kier alpha value is -2.28. The molecular weight excluding hydrogens is 350 g/mol. The van der Waals surface area contributed by atoms with Crippen LogP contribution in [-0.2, 0) is 0 Å². The lowest BCUT2D eigenvalue weighted by Gasteiger charge is -2.51. The summed E-state index contributed by atoms with van der Waals surface area (Å²) in [5.74, 6) is -1.26. The third-order valence-electron chi connectivity index (χ3n) is 6.54. The highest BCUT2D eigenvalue weighted by molar-refractivity contribution is 5.91. The number of carbonyl (C=O) groups is 1. The first-order chi connectivity index (χ1) is 13.0. The lowest BCUT2D eigenvalue weighted by molar-refractivity contribution is -0.00392. The van der Waals surface area contributed by atoms with E-state index in [0.29, 0.717) is 23.9 Å². The average molecular weight is 372 g/mol. The second-order valence-corrected chi connectivity index (χ2v) is 7.98. The van der Waals surface area contributed by atoms with Gasteiger partial charge in [0.05, 0.1) is 6.04 Å². The predicted octanol–water partition coefficient (Wildman–Crippen LogP) is 2.70. The summed E-state index contributed by atoms with van der Waals surface area (Å²) >= 11 is 0. The summed E-state index contributed by atoms with van der Waals surface area (Å²) in [7, 11) is 0. The Morgan fingerprint density at radius 1 is 1.22 bits per heavy atom. The van der Waals surface area contributed by atoms with E-state index in [0.717, 1.165) is 37.7 Å². The largest absolute Gasteiger partial charge is 0.338 e. The van der Waals surface area contributed by atoms with Gasteiger partial charge in [0.25, 0.3) is 5.91 Å². The normalized spacial score (nSPS) is 32.0. The van der Waals surface area contributed by atoms with Crippen molar-refractivity contribution in [2.24, 2.45) is 5.92 Å². The Labute approximate surface area is 156 Å². The smallest absolute Gasteiger partial charge is 0.289 e. The molecule has 1 N–H and O–H groups in total. The van der Waals surface area contributed by atoms with Crippen molar-refractivity contribution in [2.45, 2.75) is 37.8 Å². The Morgan fingerprint density at radius 2 is 2.00 bits per heavy atom. The lowest BCUT2D eigenvalue weighted by atomic mass is 9.75. The lowest BCUT2D eigenvalue weighted by Crippen LogP contribution is -2.60. The summed E-state index contributed by atoms with van der Waals surface area (Å²) in [5, 5.41) is 0. The van der Waals surface area contributed by atoms with Gasteiger partial charge in [-0.25, -0.2) is 13.8 Å². The molecular formula is C20H22F2N4O. The van der Waals surface area contributed by atoms with Gasteiger partial charge in [0.15, 0.2) is 17.5 Å². The molecule has 0 unspecified atom stereocenters. The minimum absolute atomic E-state index is 0.0260. The molecule has 7 heteroatoms. The molecule has 0 saturated carbocycles. The molecule has 4 aliphatic rings. The van der Waals surface area contributed by atoms with Crippen LogP contribution in [0.3, 0.4) is 0 Å². The number of amides is 1.